The van der Waals surface area contributed by atoms with Crippen molar-refractivity contribution < 1.29 is 13.9 Å². The fourth-order valence-electron chi connectivity index (χ4n) is 2.79. The molecule has 1 fully saturated rings. The Morgan fingerprint density at radius 2 is 2.00 bits per heavy atom. The first-order chi connectivity index (χ1) is 10.3. The van der Waals surface area contributed by atoms with Gasteiger partial charge in [-0.15, -0.1) is 0 Å². The molecule has 1 aliphatic rings. The molecule has 110 valence electrons. The smallest absolute Gasteiger partial charge is 0.288 e. The number of amides is 1. The van der Waals surface area contributed by atoms with Gasteiger partial charge in [0, 0.05) is 25.2 Å². The molecule has 5 heteroatoms. The molecule has 5 nitrogen and oxygen atoms in total. The van der Waals surface area contributed by atoms with E-state index in [2.05, 4.69) is 22.4 Å². The zero-order valence-electron chi connectivity index (χ0n) is 11.7. The highest BCUT2D eigenvalue weighted by Crippen LogP contribution is 2.34. The lowest BCUT2D eigenvalue weighted by Gasteiger charge is -2.37. The summed E-state index contributed by atoms with van der Waals surface area (Å²) in [4.78, 5) is 15.8. The van der Waals surface area contributed by atoms with Crippen molar-refractivity contribution >= 4 is 5.91 Å². The van der Waals surface area contributed by atoms with Crippen LogP contribution in [0.15, 0.2) is 47.3 Å². The van der Waals surface area contributed by atoms with Gasteiger partial charge in [0.25, 0.3) is 5.91 Å². The SMILES string of the molecule is O=C(NCC1(c2ccccc2)CCOCC1)c1cnco1. The first kappa shape index (κ1) is 13.8. The minimum atomic E-state index is -0.228. The van der Waals surface area contributed by atoms with Gasteiger partial charge in [0.2, 0.25) is 5.76 Å². The third-order valence-corrected chi connectivity index (χ3v) is 4.08. The van der Waals surface area contributed by atoms with Crippen LogP contribution in [0, 0.1) is 0 Å². The number of hydrogen-bond donors (Lipinski definition) is 1. The summed E-state index contributed by atoms with van der Waals surface area (Å²) < 4.78 is 10.5. The highest BCUT2D eigenvalue weighted by atomic mass is 16.5. The van der Waals surface area contributed by atoms with Gasteiger partial charge in [0.1, 0.15) is 0 Å². The minimum absolute atomic E-state index is 0.0742. The Labute approximate surface area is 123 Å². The summed E-state index contributed by atoms with van der Waals surface area (Å²) in [6.07, 6.45) is 4.48. The zero-order chi connectivity index (χ0) is 14.5. The molecule has 2 heterocycles. The Hall–Kier alpha value is -2.14. The number of carbonyl (C=O) groups excluding carboxylic acids is 1. The molecular formula is C16H18N2O3. The maximum atomic E-state index is 12.0. The Morgan fingerprint density at radius 1 is 1.24 bits per heavy atom. The Bertz CT molecular complexity index is 575. The fraction of sp³-hybridized carbons (Fsp3) is 0.375. The van der Waals surface area contributed by atoms with E-state index in [-0.39, 0.29) is 17.1 Å². The van der Waals surface area contributed by atoms with Gasteiger partial charge in [-0.1, -0.05) is 30.3 Å². The van der Waals surface area contributed by atoms with Gasteiger partial charge in [-0.3, -0.25) is 4.79 Å². The number of hydrogen-bond acceptors (Lipinski definition) is 4. The molecule has 1 amide bonds. The maximum absolute atomic E-state index is 12.0. The average Bonchev–Trinajstić information content (AvgIpc) is 3.09. The molecule has 0 bridgehead atoms. The molecule has 0 aliphatic carbocycles. The molecular weight excluding hydrogens is 268 g/mol. The summed E-state index contributed by atoms with van der Waals surface area (Å²) in [5.41, 5.74) is 1.17. The van der Waals surface area contributed by atoms with Crippen LogP contribution in [-0.2, 0) is 10.2 Å². The van der Waals surface area contributed by atoms with Crippen LogP contribution in [0.1, 0.15) is 29.0 Å². The van der Waals surface area contributed by atoms with E-state index >= 15 is 0 Å². The van der Waals surface area contributed by atoms with Crippen molar-refractivity contribution in [3.8, 4) is 0 Å². The van der Waals surface area contributed by atoms with Crippen LogP contribution in [0.25, 0.3) is 0 Å². The molecule has 1 aromatic carbocycles. The van der Waals surface area contributed by atoms with Gasteiger partial charge >= 0.3 is 0 Å². The van der Waals surface area contributed by atoms with E-state index in [1.807, 2.05) is 18.2 Å². The predicted octanol–water partition coefficient (Wildman–Crippen LogP) is 2.15. The first-order valence-electron chi connectivity index (χ1n) is 7.10. The van der Waals surface area contributed by atoms with Gasteiger partial charge in [0.15, 0.2) is 6.39 Å². The van der Waals surface area contributed by atoms with Crippen molar-refractivity contribution in [1.82, 2.24) is 10.3 Å². The molecule has 1 aliphatic heterocycles. The van der Waals surface area contributed by atoms with E-state index < -0.39 is 0 Å². The third-order valence-electron chi connectivity index (χ3n) is 4.08. The Morgan fingerprint density at radius 3 is 2.67 bits per heavy atom. The summed E-state index contributed by atoms with van der Waals surface area (Å²) in [7, 11) is 0. The Balaban J connectivity index is 1.76. The molecule has 0 saturated carbocycles. The van der Waals surface area contributed by atoms with Crippen LogP contribution in [0.3, 0.4) is 0 Å². The van der Waals surface area contributed by atoms with E-state index in [1.165, 1.54) is 18.2 Å². The topological polar surface area (TPSA) is 64.4 Å². The number of carbonyl (C=O) groups is 1. The van der Waals surface area contributed by atoms with Crippen LogP contribution >= 0.6 is 0 Å². The van der Waals surface area contributed by atoms with E-state index in [0.29, 0.717) is 19.8 Å². The summed E-state index contributed by atoms with van der Waals surface area (Å²) in [5.74, 6) is 0.0135. The second-order valence-corrected chi connectivity index (χ2v) is 5.31. The van der Waals surface area contributed by atoms with Crippen molar-refractivity contribution in [3.05, 3.63) is 54.2 Å². The number of benzene rings is 1. The monoisotopic (exact) mass is 286 g/mol. The van der Waals surface area contributed by atoms with Crippen LogP contribution < -0.4 is 5.32 Å². The van der Waals surface area contributed by atoms with Crippen LogP contribution in [-0.4, -0.2) is 30.6 Å². The number of ether oxygens (including phenoxy) is 1. The van der Waals surface area contributed by atoms with Crippen molar-refractivity contribution in [2.24, 2.45) is 0 Å². The number of oxazole rings is 1. The van der Waals surface area contributed by atoms with Gasteiger partial charge in [-0.2, -0.15) is 0 Å². The molecule has 3 rings (SSSR count). The number of aromatic nitrogens is 1. The van der Waals surface area contributed by atoms with Crippen molar-refractivity contribution in [3.63, 3.8) is 0 Å². The van der Waals surface area contributed by atoms with Crippen molar-refractivity contribution in [2.75, 3.05) is 19.8 Å². The van der Waals surface area contributed by atoms with E-state index in [1.54, 1.807) is 0 Å². The number of nitrogens with one attached hydrogen (secondary N) is 1. The molecule has 0 unspecified atom stereocenters. The third kappa shape index (κ3) is 2.97. The lowest BCUT2D eigenvalue weighted by atomic mass is 9.74. The summed E-state index contributed by atoms with van der Waals surface area (Å²) >= 11 is 0. The zero-order valence-corrected chi connectivity index (χ0v) is 11.7. The molecule has 1 saturated heterocycles. The summed E-state index contributed by atoms with van der Waals surface area (Å²) in [6, 6.07) is 10.3. The number of rotatable bonds is 4. The van der Waals surface area contributed by atoms with Crippen molar-refractivity contribution in [1.29, 1.82) is 0 Å². The van der Waals surface area contributed by atoms with E-state index in [9.17, 15) is 4.79 Å². The molecule has 1 aromatic heterocycles. The molecule has 1 N–H and O–H groups in total. The van der Waals surface area contributed by atoms with Crippen molar-refractivity contribution in [2.45, 2.75) is 18.3 Å². The van der Waals surface area contributed by atoms with Crippen LogP contribution in [0.4, 0.5) is 0 Å². The summed E-state index contributed by atoms with van der Waals surface area (Å²) in [6.45, 7) is 2.00. The largest absolute Gasteiger partial charge is 0.438 e. The predicted molar refractivity (Wildman–Crippen MR) is 77.0 cm³/mol. The molecule has 21 heavy (non-hydrogen) atoms. The highest BCUT2D eigenvalue weighted by molar-refractivity contribution is 5.91. The molecule has 0 radical (unpaired) electrons. The van der Waals surface area contributed by atoms with Gasteiger partial charge < -0.3 is 14.5 Å². The average molecular weight is 286 g/mol. The highest BCUT2D eigenvalue weighted by Gasteiger charge is 2.34. The lowest BCUT2D eigenvalue weighted by molar-refractivity contribution is 0.0484. The molecule has 0 spiro atoms. The van der Waals surface area contributed by atoms with Crippen LogP contribution in [0.5, 0.6) is 0 Å². The summed E-state index contributed by atoms with van der Waals surface area (Å²) in [5, 5.41) is 2.97. The number of nitrogens with zero attached hydrogens (tertiary/aromatic N) is 1. The van der Waals surface area contributed by atoms with E-state index in [0.717, 1.165) is 12.8 Å². The normalized spacial score (nSPS) is 17.3. The maximum Gasteiger partial charge on any atom is 0.288 e. The molecule has 0 atom stereocenters. The standard InChI is InChI=1S/C16H18N2O3/c19-15(14-10-17-12-21-14)18-11-16(6-8-20-9-7-16)13-4-2-1-3-5-13/h1-5,10,12H,6-9,11H2,(H,18,19). The quantitative estimate of drug-likeness (QED) is 0.935. The fourth-order valence-corrected chi connectivity index (χ4v) is 2.79. The van der Waals surface area contributed by atoms with E-state index in [4.69, 9.17) is 9.15 Å². The first-order valence-corrected chi connectivity index (χ1v) is 7.10. The lowest BCUT2D eigenvalue weighted by Crippen LogP contribution is -2.44. The van der Waals surface area contributed by atoms with Gasteiger partial charge in [0.05, 0.1) is 6.20 Å². The second-order valence-electron chi connectivity index (χ2n) is 5.31. The second kappa shape index (κ2) is 6.10. The molecule has 2 aromatic rings. The Kier molecular flexibility index (Phi) is 4.01. The van der Waals surface area contributed by atoms with Gasteiger partial charge in [-0.25, -0.2) is 4.98 Å². The van der Waals surface area contributed by atoms with Gasteiger partial charge in [-0.05, 0) is 18.4 Å². The minimum Gasteiger partial charge on any atom is -0.438 e. The van der Waals surface area contributed by atoms with Crippen LogP contribution in [0.2, 0.25) is 0 Å².